The molecule has 0 saturated carbocycles. The van der Waals surface area contributed by atoms with Crippen LogP contribution in [0, 0.1) is 11.8 Å². The van der Waals surface area contributed by atoms with E-state index in [9.17, 15) is 9.59 Å². The molecule has 6 nitrogen and oxygen atoms in total. The molecule has 0 radical (unpaired) electrons. The quantitative estimate of drug-likeness (QED) is 0.734. The van der Waals surface area contributed by atoms with Crippen LogP contribution < -0.4 is 4.74 Å². The van der Waals surface area contributed by atoms with Gasteiger partial charge in [-0.1, -0.05) is 39.3 Å². The fourth-order valence-corrected chi connectivity index (χ4v) is 2.24. The molecule has 0 spiro atoms. The minimum absolute atomic E-state index is 0.102. The van der Waals surface area contributed by atoms with E-state index in [0.29, 0.717) is 30.5 Å². The van der Waals surface area contributed by atoms with E-state index >= 15 is 0 Å². The van der Waals surface area contributed by atoms with E-state index in [-0.39, 0.29) is 29.8 Å². The molecule has 24 heavy (non-hydrogen) atoms. The fourth-order valence-electron chi connectivity index (χ4n) is 2.02. The molecular weight excluding hydrogens is 332 g/mol. The number of aliphatic carboxylic acids is 1. The zero-order valence-corrected chi connectivity index (χ0v) is 15.3. The molecule has 134 valence electrons. The number of amides is 1. The number of rotatable bonds is 9. The maximum Gasteiger partial charge on any atom is 0.305 e. The summed E-state index contributed by atoms with van der Waals surface area (Å²) in [5, 5.41) is 9.11. The predicted octanol–water partition coefficient (Wildman–Crippen LogP) is 3.34. The van der Waals surface area contributed by atoms with Crippen molar-refractivity contribution in [3.63, 3.8) is 0 Å². The Morgan fingerprint density at radius 3 is 2.46 bits per heavy atom. The summed E-state index contributed by atoms with van der Waals surface area (Å²) in [5.74, 6) is -0.371. The van der Waals surface area contributed by atoms with Crippen LogP contribution in [0.5, 0.6) is 5.88 Å². The number of carboxylic acids is 1. The van der Waals surface area contributed by atoms with Crippen LogP contribution in [0.3, 0.4) is 0 Å². The third kappa shape index (κ3) is 6.74. The maximum atomic E-state index is 12.6. The molecular formula is C17H25ClN2O4. The summed E-state index contributed by atoms with van der Waals surface area (Å²) in [6.45, 7) is 9.06. The largest absolute Gasteiger partial charge is 0.481 e. The van der Waals surface area contributed by atoms with Gasteiger partial charge in [-0.2, -0.15) is 0 Å². The average molecular weight is 357 g/mol. The van der Waals surface area contributed by atoms with E-state index in [0.717, 1.165) is 0 Å². The lowest BCUT2D eigenvalue weighted by atomic mass is 10.1. The normalized spacial score (nSPS) is 11.0. The molecule has 0 aliphatic rings. The average Bonchev–Trinajstić information content (AvgIpc) is 2.48. The number of nitrogens with zero attached hydrogens (tertiary/aromatic N) is 2. The van der Waals surface area contributed by atoms with E-state index in [1.807, 2.05) is 27.7 Å². The number of hydrogen-bond acceptors (Lipinski definition) is 4. The predicted molar refractivity (Wildman–Crippen MR) is 92.6 cm³/mol. The minimum Gasteiger partial charge on any atom is -0.481 e. The van der Waals surface area contributed by atoms with Gasteiger partial charge in [0.2, 0.25) is 5.88 Å². The van der Waals surface area contributed by atoms with Crippen LogP contribution in [0.4, 0.5) is 0 Å². The highest BCUT2D eigenvalue weighted by molar-refractivity contribution is 6.32. The van der Waals surface area contributed by atoms with Gasteiger partial charge in [-0.15, -0.1) is 0 Å². The van der Waals surface area contributed by atoms with E-state index in [4.69, 9.17) is 21.4 Å². The third-order valence-electron chi connectivity index (χ3n) is 3.08. The van der Waals surface area contributed by atoms with Crippen molar-refractivity contribution in [3.05, 3.63) is 22.8 Å². The van der Waals surface area contributed by atoms with Gasteiger partial charge in [0.05, 0.1) is 18.6 Å². The number of aromatic nitrogens is 1. The summed E-state index contributed by atoms with van der Waals surface area (Å²) in [5.41, 5.74) is 0.322. The summed E-state index contributed by atoms with van der Waals surface area (Å²) in [6, 6.07) is 1.51. The molecule has 0 unspecified atom stereocenters. The van der Waals surface area contributed by atoms with E-state index < -0.39 is 5.97 Å². The molecule has 0 saturated heterocycles. The van der Waals surface area contributed by atoms with E-state index in [1.54, 1.807) is 0 Å². The van der Waals surface area contributed by atoms with Crippen LogP contribution in [0.25, 0.3) is 0 Å². The molecule has 0 aliphatic heterocycles. The molecule has 0 aromatic carbocycles. The van der Waals surface area contributed by atoms with Gasteiger partial charge in [0.1, 0.15) is 5.02 Å². The highest BCUT2D eigenvalue weighted by Crippen LogP contribution is 2.23. The van der Waals surface area contributed by atoms with Crippen molar-refractivity contribution in [2.75, 3.05) is 19.7 Å². The molecule has 7 heteroatoms. The summed E-state index contributed by atoms with van der Waals surface area (Å²) in [6.07, 6.45) is 1.31. The van der Waals surface area contributed by atoms with Gasteiger partial charge < -0.3 is 14.7 Å². The standard InChI is InChI=1S/C17H25ClN2O4/c1-11(2)9-20(6-5-15(21)22)17(23)13-7-14(18)16(19-8-13)24-10-12(3)4/h7-8,11-12H,5-6,9-10H2,1-4H3,(H,21,22). The van der Waals surface area contributed by atoms with Crippen molar-refractivity contribution in [2.24, 2.45) is 11.8 Å². The van der Waals surface area contributed by atoms with E-state index in [2.05, 4.69) is 4.98 Å². The number of carbonyl (C=O) groups excluding carboxylic acids is 1. The Balaban J connectivity index is 2.89. The Kier molecular flexibility index (Phi) is 7.98. The first-order valence-corrected chi connectivity index (χ1v) is 8.37. The number of halogens is 1. The number of carbonyl (C=O) groups is 2. The molecule has 0 bridgehead atoms. The van der Waals surface area contributed by atoms with Crippen LogP contribution >= 0.6 is 11.6 Å². The zero-order chi connectivity index (χ0) is 18.3. The Hall–Kier alpha value is -1.82. The molecule has 0 fully saturated rings. The minimum atomic E-state index is -0.940. The molecule has 1 N–H and O–H groups in total. The zero-order valence-electron chi connectivity index (χ0n) is 14.6. The van der Waals surface area contributed by atoms with Gasteiger partial charge >= 0.3 is 5.97 Å². The first-order valence-electron chi connectivity index (χ1n) is 8.00. The number of pyridine rings is 1. The van der Waals surface area contributed by atoms with Crippen molar-refractivity contribution in [1.82, 2.24) is 9.88 Å². The lowest BCUT2D eigenvalue weighted by Crippen LogP contribution is -2.36. The Bertz CT molecular complexity index is 576. The highest BCUT2D eigenvalue weighted by atomic mass is 35.5. The lowest BCUT2D eigenvalue weighted by molar-refractivity contribution is -0.137. The van der Waals surface area contributed by atoms with Gasteiger partial charge in [-0.3, -0.25) is 9.59 Å². The Morgan fingerprint density at radius 2 is 1.96 bits per heavy atom. The van der Waals surface area contributed by atoms with Crippen molar-refractivity contribution >= 4 is 23.5 Å². The SMILES string of the molecule is CC(C)COc1ncc(C(=O)N(CCC(=O)O)CC(C)C)cc1Cl. The third-order valence-corrected chi connectivity index (χ3v) is 3.35. The number of hydrogen-bond donors (Lipinski definition) is 1. The maximum absolute atomic E-state index is 12.6. The Morgan fingerprint density at radius 1 is 1.29 bits per heavy atom. The summed E-state index contributed by atoms with van der Waals surface area (Å²) in [4.78, 5) is 29.0. The fraction of sp³-hybridized carbons (Fsp3) is 0.588. The molecule has 0 atom stereocenters. The van der Waals surface area contributed by atoms with Crippen LogP contribution in [0.2, 0.25) is 5.02 Å². The second-order valence-corrected chi connectivity index (χ2v) is 6.91. The van der Waals surface area contributed by atoms with Crippen molar-refractivity contribution in [3.8, 4) is 5.88 Å². The van der Waals surface area contributed by atoms with Gasteiger partial charge in [0.25, 0.3) is 5.91 Å². The monoisotopic (exact) mass is 356 g/mol. The Labute approximate surface area is 147 Å². The lowest BCUT2D eigenvalue weighted by Gasteiger charge is -2.24. The summed E-state index contributed by atoms with van der Waals surface area (Å²) >= 11 is 6.14. The van der Waals surface area contributed by atoms with Crippen molar-refractivity contribution < 1.29 is 19.4 Å². The summed E-state index contributed by atoms with van der Waals surface area (Å²) in [7, 11) is 0. The van der Waals surface area contributed by atoms with Crippen LogP contribution in [0.15, 0.2) is 12.3 Å². The van der Waals surface area contributed by atoms with Crippen LogP contribution in [-0.2, 0) is 4.79 Å². The highest BCUT2D eigenvalue weighted by Gasteiger charge is 2.19. The topological polar surface area (TPSA) is 79.7 Å². The first-order chi connectivity index (χ1) is 11.2. The van der Waals surface area contributed by atoms with Crippen LogP contribution in [0.1, 0.15) is 44.5 Å². The molecule has 1 amide bonds. The van der Waals surface area contributed by atoms with Gasteiger partial charge in [-0.05, 0) is 17.9 Å². The van der Waals surface area contributed by atoms with Crippen LogP contribution in [-0.4, -0.2) is 46.6 Å². The smallest absolute Gasteiger partial charge is 0.305 e. The second-order valence-electron chi connectivity index (χ2n) is 6.50. The van der Waals surface area contributed by atoms with Gasteiger partial charge in [0, 0.05) is 19.3 Å². The van der Waals surface area contributed by atoms with Crippen molar-refractivity contribution in [2.45, 2.75) is 34.1 Å². The molecule has 1 aromatic rings. The number of ether oxygens (including phenoxy) is 1. The molecule has 1 heterocycles. The van der Waals surface area contributed by atoms with E-state index in [1.165, 1.54) is 17.2 Å². The van der Waals surface area contributed by atoms with Crippen molar-refractivity contribution in [1.29, 1.82) is 0 Å². The second kappa shape index (κ2) is 9.47. The first kappa shape index (κ1) is 20.2. The molecule has 0 aliphatic carbocycles. The number of carboxylic acid groups (broad SMARTS) is 1. The van der Waals surface area contributed by atoms with Gasteiger partial charge in [-0.25, -0.2) is 4.98 Å². The summed E-state index contributed by atoms with van der Waals surface area (Å²) < 4.78 is 5.49. The molecule has 1 rings (SSSR count). The molecule has 1 aromatic heterocycles. The van der Waals surface area contributed by atoms with Gasteiger partial charge in [0.15, 0.2) is 0 Å².